The van der Waals surface area contributed by atoms with E-state index in [1.165, 1.54) is 12.3 Å². The van der Waals surface area contributed by atoms with E-state index in [-0.39, 0.29) is 30.3 Å². The number of aliphatic hydroxyl groups excluding tert-OH is 1. The molecule has 0 aliphatic carbocycles. The van der Waals surface area contributed by atoms with Crippen LogP contribution in [-0.2, 0) is 19.1 Å². The number of anilines is 2. The normalized spacial score (nSPS) is 15.3. The van der Waals surface area contributed by atoms with E-state index in [0.29, 0.717) is 24.6 Å². The predicted octanol–water partition coefficient (Wildman–Crippen LogP) is 2.96. The molecule has 10 nitrogen and oxygen atoms in total. The molecule has 1 saturated heterocycles. The summed E-state index contributed by atoms with van der Waals surface area (Å²) in [7, 11) is 0. The van der Waals surface area contributed by atoms with E-state index in [9.17, 15) is 23.1 Å². The van der Waals surface area contributed by atoms with E-state index >= 15 is 0 Å². The second-order valence-electron chi connectivity index (χ2n) is 9.31. The molecule has 2 aromatic carbocycles. The summed E-state index contributed by atoms with van der Waals surface area (Å²) in [5, 5.41) is 30.0. The van der Waals surface area contributed by atoms with Crippen molar-refractivity contribution in [2.75, 3.05) is 36.9 Å². The standard InChI is InChI=1S/C26H29F3N6O4/c27-26(28,29)20-13-21(30-23(37)12-18-4-2-1-3-5-18)15-22(14-20)31-25(38)32-24-17-35(33-39-24)16-19-6-8-34(9-7-19)10-11-36/h1-5,13-15,17,19,36H,6-12,16H2,(H2-,30,31,32,33,37,38). The largest absolute Gasteiger partial charge is 0.861 e. The third-order valence-electron chi connectivity index (χ3n) is 6.27. The molecule has 0 radical (unpaired) electrons. The smallest absolute Gasteiger partial charge is 0.416 e. The molecule has 2 heterocycles. The van der Waals surface area contributed by atoms with E-state index in [1.807, 2.05) is 0 Å². The molecule has 1 aliphatic rings. The van der Waals surface area contributed by atoms with Gasteiger partial charge in [-0.2, -0.15) is 13.2 Å². The lowest BCUT2D eigenvalue weighted by Gasteiger charge is -2.29. The van der Waals surface area contributed by atoms with Gasteiger partial charge >= 0.3 is 18.1 Å². The van der Waals surface area contributed by atoms with Crippen molar-refractivity contribution in [1.29, 1.82) is 0 Å². The van der Waals surface area contributed by atoms with Crippen LogP contribution in [0.1, 0.15) is 24.0 Å². The minimum atomic E-state index is -4.72. The van der Waals surface area contributed by atoms with Gasteiger partial charge in [0.1, 0.15) is 0 Å². The molecule has 208 valence electrons. The summed E-state index contributed by atoms with van der Waals surface area (Å²) >= 11 is 0. The van der Waals surface area contributed by atoms with E-state index in [0.717, 1.165) is 38.1 Å². The van der Waals surface area contributed by atoms with Crippen LogP contribution in [0, 0.1) is 5.92 Å². The first-order chi connectivity index (χ1) is 18.7. The highest BCUT2D eigenvalue weighted by atomic mass is 19.4. The fourth-order valence-electron chi connectivity index (χ4n) is 4.36. The lowest BCUT2D eigenvalue weighted by Crippen LogP contribution is -2.43. The number of aliphatic imine (C=N–C) groups is 1. The number of piperidine rings is 1. The minimum absolute atomic E-state index is 0.0140. The van der Waals surface area contributed by atoms with Crippen molar-refractivity contribution in [2.24, 2.45) is 10.9 Å². The summed E-state index contributed by atoms with van der Waals surface area (Å²) in [4.78, 5) is 18.5. The zero-order valence-corrected chi connectivity index (χ0v) is 21.0. The molecular weight excluding hydrogens is 517 g/mol. The van der Waals surface area contributed by atoms with Crippen molar-refractivity contribution in [2.45, 2.75) is 32.0 Å². The quantitative estimate of drug-likeness (QED) is 0.215. The molecule has 0 spiro atoms. The molecule has 13 heteroatoms. The molecule has 1 aromatic heterocycles. The Bertz CT molecular complexity index is 1270. The van der Waals surface area contributed by atoms with Gasteiger partial charge in [-0.15, -0.1) is 0 Å². The van der Waals surface area contributed by atoms with E-state index in [2.05, 4.69) is 25.8 Å². The lowest BCUT2D eigenvalue weighted by atomic mass is 9.97. The Morgan fingerprint density at radius 2 is 1.92 bits per heavy atom. The summed E-state index contributed by atoms with van der Waals surface area (Å²) in [6, 6.07) is 10.5. The van der Waals surface area contributed by atoms with E-state index < -0.39 is 23.7 Å². The number of likely N-dealkylation sites (tertiary alicyclic amines) is 1. The Morgan fingerprint density at radius 3 is 2.62 bits per heavy atom. The van der Waals surface area contributed by atoms with Crippen LogP contribution >= 0.6 is 0 Å². The van der Waals surface area contributed by atoms with E-state index in [1.54, 1.807) is 35.0 Å². The highest BCUT2D eigenvalue weighted by Crippen LogP contribution is 2.34. The summed E-state index contributed by atoms with van der Waals surface area (Å²) in [6.45, 7) is 3.11. The van der Waals surface area contributed by atoms with Gasteiger partial charge in [0.2, 0.25) is 5.27 Å². The molecule has 1 fully saturated rings. The number of nitrogens with one attached hydrogen (secondary N) is 2. The zero-order chi connectivity index (χ0) is 27.8. The molecule has 4 rings (SSSR count). The number of carbonyl (C=O) groups is 1. The molecule has 0 bridgehead atoms. The topological polar surface area (TPSA) is 130 Å². The summed E-state index contributed by atoms with van der Waals surface area (Å²) in [6.07, 6.45) is -1.44. The number of nitrogens with zero attached hydrogens (tertiary/aromatic N) is 4. The van der Waals surface area contributed by atoms with Crippen LogP contribution in [0.3, 0.4) is 0 Å². The van der Waals surface area contributed by atoms with Crippen molar-refractivity contribution >= 4 is 29.2 Å². The number of aromatic nitrogens is 2. The Balaban J connectivity index is 1.38. The van der Waals surface area contributed by atoms with Crippen molar-refractivity contribution in [3.05, 3.63) is 65.9 Å². The number of carbonyl (C=O) groups excluding carboxylic acids is 1. The molecule has 3 aromatic rings. The van der Waals surface area contributed by atoms with Gasteiger partial charge in [0, 0.05) is 24.6 Å². The molecule has 0 saturated carbocycles. The number of aliphatic hydroxyl groups is 1. The van der Waals surface area contributed by atoms with Crippen LogP contribution < -0.4 is 20.4 Å². The van der Waals surface area contributed by atoms with Crippen molar-refractivity contribution < 1.29 is 37.4 Å². The predicted molar refractivity (Wildman–Crippen MR) is 134 cm³/mol. The maximum atomic E-state index is 13.5. The van der Waals surface area contributed by atoms with Crippen LogP contribution in [0.2, 0.25) is 0 Å². The molecule has 1 aliphatic heterocycles. The number of amides is 2. The van der Waals surface area contributed by atoms with Crippen LogP contribution in [0.25, 0.3) is 0 Å². The third-order valence-corrected chi connectivity index (χ3v) is 6.27. The number of hydrogen-bond acceptors (Lipinski definition) is 7. The highest BCUT2D eigenvalue weighted by Gasteiger charge is 2.31. The van der Waals surface area contributed by atoms with Crippen LogP contribution in [0.5, 0.6) is 0 Å². The van der Waals surface area contributed by atoms with Crippen molar-refractivity contribution in [1.82, 2.24) is 10.2 Å². The Labute approximate surface area is 222 Å². The maximum absolute atomic E-state index is 13.5. The van der Waals surface area contributed by atoms with Gasteiger partial charge in [-0.3, -0.25) is 14.8 Å². The van der Waals surface area contributed by atoms with Crippen molar-refractivity contribution in [3.63, 3.8) is 0 Å². The molecular formula is C26H29F3N6O4. The van der Waals surface area contributed by atoms with Gasteiger partial charge < -0.3 is 20.4 Å². The summed E-state index contributed by atoms with van der Waals surface area (Å²) in [5.74, 6) is -0.255. The van der Waals surface area contributed by atoms with Crippen LogP contribution in [0.4, 0.5) is 35.2 Å². The maximum Gasteiger partial charge on any atom is 0.416 e. The van der Waals surface area contributed by atoms with Gasteiger partial charge in [-0.25, -0.2) is 4.79 Å². The molecule has 3 N–H and O–H groups in total. The number of β-amino-alcohol motifs (C(OH)–C–C–N with tert-alkyl or cyclic N) is 1. The number of urea groups is 1. The molecule has 2 amide bonds. The monoisotopic (exact) mass is 546 g/mol. The fraction of sp³-hybridized carbons (Fsp3) is 0.385. The van der Waals surface area contributed by atoms with Crippen LogP contribution in [-0.4, -0.2) is 53.4 Å². The average Bonchev–Trinajstić information content (AvgIpc) is 3.31. The fourth-order valence-corrected chi connectivity index (χ4v) is 4.36. The zero-order valence-electron chi connectivity index (χ0n) is 21.0. The second-order valence-corrected chi connectivity index (χ2v) is 9.31. The Hall–Kier alpha value is -3.97. The number of rotatable bonds is 9. The van der Waals surface area contributed by atoms with Gasteiger partial charge in [0.25, 0.3) is 6.20 Å². The van der Waals surface area contributed by atoms with E-state index in [4.69, 9.17) is 9.63 Å². The van der Waals surface area contributed by atoms with Gasteiger partial charge in [0.15, 0.2) is 6.54 Å². The first-order valence-electron chi connectivity index (χ1n) is 12.5. The lowest BCUT2D eigenvalue weighted by molar-refractivity contribution is -0.767. The van der Waals surface area contributed by atoms with Gasteiger partial charge in [-0.05, 0) is 55.6 Å². The summed E-state index contributed by atoms with van der Waals surface area (Å²) in [5.41, 5.74) is -0.819. The SMILES string of the molecule is O=C(Nc1cc(N=C([O-])Cc2ccccc2)cc(C(F)(F)F)c1)Nc1c[n+](CC2CCN(CCO)CC2)no1. The number of alkyl halides is 3. The van der Waals surface area contributed by atoms with Crippen molar-refractivity contribution in [3.8, 4) is 0 Å². The Kier molecular flexibility index (Phi) is 9.15. The molecule has 0 unspecified atom stereocenters. The van der Waals surface area contributed by atoms with Gasteiger partial charge in [0.05, 0.1) is 17.9 Å². The van der Waals surface area contributed by atoms with Crippen LogP contribution in [0.15, 0.2) is 64.2 Å². The highest BCUT2D eigenvalue weighted by molar-refractivity contribution is 5.99. The first-order valence-corrected chi connectivity index (χ1v) is 12.5. The first kappa shape index (κ1) is 28.0. The number of benzene rings is 2. The second kappa shape index (κ2) is 12.7. The third kappa shape index (κ3) is 8.52. The minimum Gasteiger partial charge on any atom is -0.861 e. The average molecular weight is 547 g/mol. The van der Waals surface area contributed by atoms with Gasteiger partial charge in [-0.1, -0.05) is 35.0 Å². The molecule has 0 atom stereocenters. The molecule has 39 heavy (non-hydrogen) atoms. The summed E-state index contributed by atoms with van der Waals surface area (Å²) < 4.78 is 47.1. The Morgan fingerprint density at radius 1 is 1.18 bits per heavy atom. The number of hydrogen-bond donors (Lipinski definition) is 3. The number of halogens is 3.